The van der Waals surface area contributed by atoms with Gasteiger partial charge in [0.1, 0.15) is 5.75 Å². The molecule has 0 bridgehead atoms. The molecule has 1 aromatic rings. The Labute approximate surface area is 159 Å². The molecule has 1 fully saturated rings. The van der Waals surface area contributed by atoms with Crippen LogP contribution in [0.25, 0.3) is 0 Å². The van der Waals surface area contributed by atoms with E-state index in [1.54, 1.807) is 13.8 Å². The molecule has 27 heavy (non-hydrogen) atoms. The number of hydrogen-bond donors (Lipinski definition) is 1. The third-order valence-corrected chi connectivity index (χ3v) is 6.07. The van der Waals surface area contributed by atoms with Crippen molar-refractivity contribution in [1.29, 1.82) is 0 Å². The molecule has 1 aliphatic heterocycles. The molecule has 0 saturated carbocycles. The SMILES string of the molecule is CCOC(=O)N1CCN(S(=O)(=O)c2ccc(O[C@H](C)C(=O)NC)cc2)CC1. The van der Waals surface area contributed by atoms with Crippen LogP contribution < -0.4 is 10.1 Å². The summed E-state index contributed by atoms with van der Waals surface area (Å²) in [4.78, 5) is 24.8. The van der Waals surface area contributed by atoms with Gasteiger partial charge in [0.2, 0.25) is 10.0 Å². The van der Waals surface area contributed by atoms with Crippen molar-refractivity contribution in [2.45, 2.75) is 24.8 Å². The number of benzene rings is 1. The van der Waals surface area contributed by atoms with Gasteiger partial charge in [0, 0.05) is 33.2 Å². The first-order valence-electron chi connectivity index (χ1n) is 8.69. The molecule has 1 atom stereocenters. The molecule has 2 amide bonds. The number of nitrogens with zero attached hydrogens (tertiary/aromatic N) is 2. The van der Waals surface area contributed by atoms with Crippen LogP contribution in [0.3, 0.4) is 0 Å². The number of carbonyl (C=O) groups excluding carboxylic acids is 2. The number of sulfonamides is 1. The maximum Gasteiger partial charge on any atom is 0.409 e. The van der Waals surface area contributed by atoms with Crippen LogP contribution in [0.1, 0.15) is 13.8 Å². The maximum absolute atomic E-state index is 12.8. The minimum Gasteiger partial charge on any atom is -0.481 e. The molecule has 0 spiro atoms. The first kappa shape index (κ1) is 21.0. The number of likely N-dealkylation sites (N-methyl/N-ethyl adjacent to an activating group) is 1. The number of amides is 2. The van der Waals surface area contributed by atoms with Crippen molar-refractivity contribution in [1.82, 2.24) is 14.5 Å². The van der Waals surface area contributed by atoms with Gasteiger partial charge in [-0.1, -0.05) is 0 Å². The van der Waals surface area contributed by atoms with E-state index in [0.717, 1.165) is 0 Å². The van der Waals surface area contributed by atoms with E-state index < -0.39 is 22.2 Å². The summed E-state index contributed by atoms with van der Waals surface area (Å²) >= 11 is 0. The molecular formula is C17H25N3O6S. The highest BCUT2D eigenvalue weighted by atomic mass is 32.2. The third-order valence-electron chi connectivity index (χ3n) is 4.15. The average Bonchev–Trinajstić information content (AvgIpc) is 2.68. The largest absolute Gasteiger partial charge is 0.481 e. The van der Waals surface area contributed by atoms with Gasteiger partial charge in [-0.05, 0) is 38.1 Å². The van der Waals surface area contributed by atoms with Gasteiger partial charge < -0.3 is 19.7 Å². The van der Waals surface area contributed by atoms with Crippen LogP contribution >= 0.6 is 0 Å². The van der Waals surface area contributed by atoms with Crippen molar-refractivity contribution < 1.29 is 27.5 Å². The van der Waals surface area contributed by atoms with Crippen molar-refractivity contribution in [2.75, 3.05) is 39.8 Å². The minimum absolute atomic E-state index is 0.132. The second-order valence-electron chi connectivity index (χ2n) is 5.94. The van der Waals surface area contributed by atoms with Gasteiger partial charge in [0.25, 0.3) is 5.91 Å². The van der Waals surface area contributed by atoms with Crippen LogP contribution in [0.2, 0.25) is 0 Å². The number of rotatable bonds is 6. The Hall–Kier alpha value is -2.33. The van der Waals surface area contributed by atoms with Crippen molar-refractivity contribution in [3.63, 3.8) is 0 Å². The molecule has 0 unspecified atom stereocenters. The molecule has 10 heteroatoms. The lowest BCUT2D eigenvalue weighted by Crippen LogP contribution is -2.50. The summed E-state index contributed by atoms with van der Waals surface area (Å²) in [6.45, 7) is 4.57. The Morgan fingerprint density at radius 2 is 1.74 bits per heavy atom. The normalized spacial score (nSPS) is 16.5. The minimum atomic E-state index is -3.67. The van der Waals surface area contributed by atoms with Crippen LogP contribution in [0, 0.1) is 0 Å². The summed E-state index contributed by atoms with van der Waals surface area (Å²) in [5, 5.41) is 2.48. The number of nitrogens with one attached hydrogen (secondary N) is 1. The van der Waals surface area contributed by atoms with Gasteiger partial charge >= 0.3 is 6.09 Å². The first-order valence-corrected chi connectivity index (χ1v) is 10.1. The van der Waals surface area contributed by atoms with Gasteiger partial charge in [0.15, 0.2) is 6.10 Å². The zero-order valence-electron chi connectivity index (χ0n) is 15.7. The van der Waals surface area contributed by atoms with Crippen molar-refractivity contribution in [3.05, 3.63) is 24.3 Å². The lowest BCUT2D eigenvalue weighted by atomic mass is 10.3. The smallest absolute Gasteiger partial charge is 0.409 e. The lowest BCUT2D eigenvalue weighted by Gasteiger charge is -2.33. The Bertz CT molecular complexity index is 757. The fraction of sp³-hybridized carbons (Fsp3) is 0.529. The van der Waals surface area contributed by atoms with Gasteiger partial charge in [-0.25, -0.2) is 13.2 Å². The van der Waals surface area contributed by atoms with E-state index in [1.807, 2.05) is 0 Å². The average molecular weight is 399 g/mol. The van der Waals surface area contributed by atoms with Crippen LogP contribution in [0.4, 0.5) is 4.79 Å². The predicted octanol–water partition coefficient (Wildman–Crippen LogP) is 0.663. The second kappa shape index (κ2) is 9.05. The molecule has 1 aromatic carbocycles. The molecule has 150 valence electrons. The van der Waals surface area contributed by atoms with E-state index in [-0.39, 0.29) is 43.6 Å². The second-order valence-corrected chi connectivity index (χ2v) is 7.87. The summed E-state index contributed by atoms with van der Waals surface area (Å²) in [5.41, 5.74) is 0. The molecular weight excluding hydrogens is 374 g/mol. The van der Waals surface area contributed by atoms with Crippen molar-refractivity contribution in [2.24, 2.45) is 0 Å². The van der Waals surface area contributed by atoms with Crippen molar-refractivity contribution in [3.8, 4) is 5.75 Å². The third kappa shape index (κ3) is 5.10. The molecule has 1 saturated heterocycles. The quantitative estimate of drug-likeness (QED) is 0.754. The Morgan fingerprint density at radius 1 is 1.15 bits per heavy atom. The fourth-order valence-corrected chi connectivity index (χ4v) is 4.05. The highest BCUT2D eigenvalue weighted by Crippen LogP contribution is 2.21. The lowest BCUT2D eigenvalue weighted by molar-refractivity contribution is -0.126. The van der Waals surface area contributed by atoms with E-state index in [9.17, 15) is 18.0 Å². The zero-order chi connectivity index (χ0) is 20.0. The number of carbonyl (C=O) groups is 2. The number of piperazine rings is 1. The summed E-state index contributed by atoms with van der Waals surface area (Å²) in [6.07, 6.45) is -1.12. The highest BCUT2D eigenvalue weighted by molar-refractivity contribution is 7.89. The van der Waals surface area contributed by atoms with E-state index in [0.29, 0.717) is 5.75 Å². The Kier molecular flexibility index (Phi) is 7.03. The van der Waals surface area contributed by atoms with Gasteiger partial charge in [-0.2, -0.15) is 4.31 Å². The van der Waals surface area contributed by atoms with E-state index in [4.69, 9.17) is 9.47 Å². The molecule has 0 radical (unpaired) electrons. The molecule has 0 aromatic heterocycles. The van der Waals surface area contributed by atoms with Gasteiger partial charge in [-0.3, -0.25) is 4.79 Å². The number of ether oxygens (including phenoxy) is 2. The van der Waals surface area contributed by atoms with E-state index in [2.05, 4.69) is 5.32 Å². The maximum atomic E-state index is 12.8. The van der Waals surface area contributed by atoms with Crippen LogP contribution in [-0.4, -0.2) is 75.6 Å². The number of hydrogen-bond acceptors (Lipinski definition) is 6. The fourth-order valence-electron chi connectivity index (χ4n) is 2.63. The molecule has 1 N–H and O–H groups in total. The molecule has 0 aliphatic carbocycles. The molecule has 1 aliphatic rings. The predicted molar refractivity (Wildman–Crippen MR) is 98.0 cm³/mol. The van der Waals surface area contributed by atoms with E-state index in [1.165, 1.54) is 40.5 Å². The zero-order valence-corrected chi connectivity index (χ0v) is 16.5. The van der Waals surface area contributed by atoms with E-state index >= 15 is 0 Å². The molecule has 2 rings (SSSR count). The summed E-state index contributed by atoms with van der Waals surface area (Å²) in [7, 11) is -2.16. The van der Waals surface area contributed by atoms with Crippen LogP contribution in [-0.2, 0) is 19.6 Å². The summed E-state index contributed by atoms with van der Waals surface area (Å²) in [5.74, 6) is 0.128. The highest BCUT2D eigenvalue weighted by Gasteiger charge is 2.30. The molecule has 9 nitrogen and oxygen atoms in total. The monoisotopic (exact) mass is 399 g/mol. The topological polar surface area (TPSA) is 105 Å². The molecule has 1 heterocycles. The van der Waals surface area contributed by atoms with Crippen molar-refractivity contribution >= 4 is 22.0 Å². The van der Waals surface area contributed by atoms with Crippen LogP contribution in [0.15, 0.2) is 29.2 Å². The first-order chi connectivity index (χ1) is 12.8. The Morgan fingerprint density at radius 3 is 2.26 bits per heavy atom. The summed E-state index contributed by atoms with van der Waals surface area (Å²) in [6, 6.07) is 5.92. The van der Waals surface area contributed by atoms with Gasteiger partial charge in [0.05, 0.1) is 11.5 Å². The van der Waals surface area contributed by atoms with Gasteiger partial charge in [-0.15, -0.1) is 0 Å². The van der Waals surface area contributed by atoms with Crippen LogP contribution in [0.5, 0.6) is 5.75 Å². The standard InChI is InChI=1S/C17H25N3O6S/c1-4-25-17(22)19-9-11-20(12-10-19)27(23,24)15-7-5-14(6-8-15)26-13(2)16(21)18-3/h5-8,13H,4,9-12H2,1-3H3,(H,18,21)/t13-/m1/s1. The Balaban J connectivity index is 2.01. The summed E-state index contributed by atoms with van der Waals surface area (Å²) < 4.78 is 37.3.